The summed E-state index contributed by atoms with van der Waals surface area (Å²) in [5.41, 5.74) is 7.47. The van der Waals surface area contributed by atoms with Crippen LogP contribution in [0.3, 0.4) is 0 Å². The highest BCUT2D eigenvalue weighted by molar-refractivity contribution is 5.54. The van der Waals surface area contributed by atoms with E-state index in [0.29, 0.717) is 11.7 Å². The highest BCUT2D eigenvalue weighted by Crippen LogP contribution is 2.21. The van der Waals surface area contributed by atoms with Crippen molar-refractivity contribution in [1.29, 1.82) is 0 Å². The summed E-state index contributed by atoms with van der Waals surface area (Å²) in [5.74, 6) is 0.973. The van der Waals surface area contributed by atoms with Crippen LogP contribution in [0.5, 0.6) is 0 Å². The van der Waals surface area contributed by atoms with Gasteiger partial charge in [0.1, 0.15) is 0 Å². The predicted molar refractivity (Wildman–Crippen MR) is 53.8 cm³/mol. The number of aromatic nitrogens is 4. The van der Waals surface area contributed by atoms with E-state index in [1.807, 2.05) is 20.9 Å². The lowest BCUT2D eigenvalue weighted by atomic mass is 10.2. The number of nitrogens with zero attached hydrogens (tertiary/aromatic N) is 4. The third-order valence-electron chi connectivity index (χ3n) is 2.31. The minimum absolute atomic E-state index is 0.223. The maximum Gasteiger partial charge on any atom is 0.261 e. The zero-order chi connectivity index (χ0) is 11.0. The number of rotatable bonds is 2. The van der Waals surface area contributed by atoms with Gasteiger partial charge in [-0.05, 0) is 13.8 Å². The van der Waals surface area contributed by atoms with Gasteiger partial charge in [-0.1, -0.05) is 5.16 Å². The molecule has 0 amide bonds. The van der Waals surface area contributed by atoms with Crippen LogP contribution in [0.1, 0.15) is 24.5 Å². The van der Waals surface area contributed by atoms with Gasteiger partial charge in [-0.3, -0.25) is 4.68 Å². The molecule has 2 rings (SSSR count). The summed E-state index contributed by atoms with van der Waals surface area (Å²) in [6.45, 7) is 3.75. The molecule has 2 heterocycles. The molecule has 80 valence electrons. The molecule has 0 saturated heterocycles. The van der Waals surface area contributed by atoms with Crippen molar-refractivity contribution in [3.8, 4) is 11.5 Å². The molecule has 0 bridgehead atoms. The molecular weight excluding hydrogens is 194 g/mol. The SMILES string of the molecule is Cc1c(-c2nc(C(C)N)no2)cnn1C. The first-order chi connectivity index (χ1) is 7.09. The molecule has 1 unspecified atom stereocenters. The fraction of sp³-hybridized carbons (Fsp3) is 0.444. The molecule has 0 aliphatic carbocycles. The summed E-state index contributed by atoms with van der Waals surface area (Å²) in [7, 11) is 1.86. The fourth-order valence-corrected chi connectivity index (χ4v) is 1.24. The van der Waals surface area contributed by atoms with Gasteiger partial charge in [-0.2, -0.15) is 10.1 Å². The van der Waals surface area contributed by atoms with Crippen LogP contribution in [0.4, 0.5) is 0 Å². The summed E-state index contributed by atoms with van der Waals surface area (Å²) in [6.07, 6.45) is 1.70. The molecule has 0 aliphatic rings. The lowest BCUT2D eigenvalue weighted by Crippen LogP contribution is -2.06. The van der Waals surface area contributed by atoms with Crippen molar-refractivity contribution in [1.82, 2.24) is 19.9 Å². The molecule has 0 aliphatic heterocycles. The van der Waals surface area contributed by atoms with Crippen LogP contribution in [-0.2, 0) is 7.05 Å². The Morgan fingerprint density at radius 2 is 2.27 bits per heavy atom. The van der Waals surface area contributed by atoms with Crippen molar-refractivity contribution in [2.45, 2.75) is 19.9 Å². The molecule has 2 N–H and O–H groups in total. The second-order valence-electron chi connectivity index (χ2n) is 3.51. The van der Waals surface area contributed by atoms with Gasteiger partial charge in [0.15, 0.2) is 5.82 Å². The predicted octanol–water partition coefficient (Wildman–Crippen LogP) is 0.798. The van der Waals surface area contributed by atoms with Crippen LogP contribution in [0.15, 0.2) is 10.7 Å². The fourth-order valence-electron chi connectivity index (χ4n) is 1.24. The van der Waals surface area contributed by atoms with E-state index >= 15 is 0 Å². The second-order valence-corrected chi connectivity index (χ2v) is 3.51. The number of hydrogen-bond acceptors (Lipinski definition) is 5. The first kappa shape index (κ1) is 9.85. The van der Waals surface area contributed by atoms with E-state index in [1.165, 1.54) is 0 Å². The lowest BCUT2D eigenvalue weighted by Gasteiger charge is -1.94. The van der Waals surface area contributed by atoms with Crippen molar-refractivity contribution in [2.24, 2.45) is 12.8 Å². The molecule has 2 aromatic heterocycles. The number of nitrogens with two attached hydrogens (primary N) is 1. The maximum absolute atomic E-state index is 5.64. The molecule has 2 aromatic rings. The van der Waals surface area contributed by atoms with E-state index in [-0.39, 0.29) is 6.04 Å². The van der Waals surface area contributed by atoms with Crippen LogP contribution in [0, 0.1) is 6.92 Å². The highest BCUT2D eigenvalue weighted by atomic mass is 16.5. The topological polar surface area (TPSA) is 82.8 Å². The van der Waals surface area contributed by atoms with Gasteiger partial charge in [0.2, 0.25) is 0 Å². The first-order valence-electron chi connectivity index (χ1n) is 4.67. The van der Waals surface area contributed by atoms with Crippen molar-refractivity contribution >= 4 is 0 Å². The number of hydrogen-bond donors (Lipinski definition) is 1. The van der Waals surface area contributed by atoms with Crippen molar-refractivity contribution in [2.75, 3.05) is 0 Å². The van der Waals surface area contributed by atoms with Gasteiger partial charge < -0.3 is 10.3 Å². The largest absolute Gasteiger partial charge is 0.334 e. The normalized spacial score (nSPS) is 13.1. The van der Waals surface area contributed by atoms with E-state index < -0.39 is 0 Å². The average Bonchev–Trinajstić information content (AvgIpc) is 2.76. The Kier molecular flexibility index (Phi) is 2.28. The lowest BCUT2D eigenvalue weighted by molar-refractivity contribution is 0.418. The molecule has 6 nitrogen and oxygen atoms in total. The quantitative estimate of drug-likeness (QED) is 0.787. The van der Waals surface area contributed by atoms with Gasteiger partial charge in [0, 0.05) is 12.7 Å². The molecule has 0 spiro atoms. The van der Waals surface area contributed by atoms with Crippen LogP contribution in [0.2, 0.25) is 0 Å². The summed E-state index contributed by atoms with van der Waals surface area (Å²) >= 11 is 0. The van der Waals surface area contributed by atoms with Crippen LogP contribution in [-0.4, -0.2) is 19.9 Å². The minimum atomic E-state index is -0.223. The van der Waals surface area contributed by atoms with Crippen LogP contribution in [0.25, 0.3) is 11.5 Å². The summed E-state index contributed by atoms with van der Waals surface area (Å²) in [5, 5.41) is 7.90. The zero-order valence-corrected chi connectivity index (χ0v) is 8.93. The Bertz CT molecular complexity index is 471. The smallest absolute Gasteiger partial charge is 0.261 e. The van der Waals surface area contributed by atoms with E-state index in [1.54, 1.807) is 10.9 Å². The zero-order valence-electron chi connectivity index (χ0n) is 8.93. The third-order valence-corrected chi connectivity index (χ3v) is 2.31. The van der Waals surface area contributed by atoms with Gasteiger partial charge in [0.05, 0.1) is 17.8 Å². The molecular formula is C9H13N5O. The number of aryl methyl sites for hydroxylation is 1. The molecule has 6 heteroatoms. The third kappa shape index (κ3) is 1.63. The summed E-state index contributed by atoms with van der Waals surface area (Å²) in [6, 6.07) is -0.223. The highest BCUT2D eigenvalue weighted by Gasteiger charge is 2.15. The standard InChI is InChI=1S/C9H13N5O/c1-5(10)8-12-9(15-13-8)7-4-11-14(3)6(7)2/h4-5H,10H2,1-3H3. The van der Waals surface area contributed by atoms with Crippen LogP contribution < -0.4 is 5.73 Å². The summed E-state index contributed by atoms with van der Waals surface area (Å²) < 4.78 is 6.87. The Hall–Kier alpha value is -1.69. The van der Waals surface area contributed by atoms with E-state index in [2.05, 4.69) is 15.2 Å². The monoisotopic (exact) mass is 207 g/mol. The van der Waals surface area contributed by atoms with Gasteiger partial charge in [-0.15, -0.1) is 0 Å². The first-order valence-corrected chi connectivity index (χ1v) is 4.67. The second kappa shape index (κ2) is 3.47. The minimum Gasteiger partial charge on any atom is -0.334 e. The van der Waals surface area contributed by atoms with Crippen LogP contribution >= 0.6 is 0 Å². The molecule has 0 radical (unpaired) electrons. The Balaban J connectivity index is 2.41. The molecule has 15 heavy (non-hydrogen) atoms. The van der Waals surface area contributed by atoms with Gasteiger partial charge in [-0.25, -0.2) is 0 Å². The molecule has 0 aromatic carbocycles. The van der Waals surface area contributed by atoms with E-state index in [4.69, 9.17) is 10.3 Å². The van der Waals surface area contributed by atoms with Gasteiger partial charge in [0.25, 0.3) is 5.89 Å². The van der Waals surface area contributed by atoms with Crippen molar-refractivity contribution < 1.29 is 4.52 Å². The molecule has 0 saturated carbocycles. The average molecular weight is 207 g/mol. The maximum atomic E-state index is 5.64. The van der Waals surface area contributed by atoms with E-state index in [0.717, 1.165) is 11.3 Å². The molecule has 0 fully saturated rings. The molecule has 1 atom stereocenters. The summed E-state index contributed by atoms with van der Waals surface area (Å²) in [4.78, 5) is 4.20. The Morgan fingerprint density at radius 3 is 2.73 bits per heavy atom. The van der Waals surface area contributed by atoms with Gasteiger partial charge >= 0.3 is 0 Å². The van der Waals surface area contributed by atoms with Crippen molar-refractivity contribution in [3.05, 3.63) is 17.7 Å². The van der Waals surface area contributed by atoms with Crippen molar-refractivity contribution in [3.63, 3.8) is 0 Å². The Labute approximate surface area is 87.1 Å². The van der Waals surface area contributed by atoms with E-state index in [9.17, 15) is 0 Å². The Morgan fingerprint density at radius 1 is 1.53 bits per heavy atom.